The molecule has 30 heavy (non-hydrogen) atoms. The Kier molecular flexibility index (Phi) is 5.32. The number of hydrogen-bond acceptors (Lipinski definition) is 8. The predicted octanol–water partition coefficient (Wildman–Crippen LogP) is 2.21. The van der Waals surface area contributed by atoms with Crippen LogP contribution in [-0.2, 0) is 19.4 Å². The lowest BCUT2D eigenvalue weighted by Crippen LogP contribution is -2.24. The van der Waals surface area contributed by atoms with Crippen molar-refractivity contribution in [2.45, 2.75) is 19.4 Å². The third kappa shape index (κ3) is 3.94. The monoisotopic (exact) mass is 416 g/mol. The van der Waals surface area contributed by atoms with Gasteiger partial charge < -0.3 is 29.1 Å². The zero-order valence-electron chi connectivity index (χ0n) is 16.3. The Hall–Kier alpha value is -3.53. The SMILES string of the molecule is CN1CCc2cc3c(cc2C(=O)Cc2ccc4c(c2C1)OCO4)OCO3.O=[N+]([O-])O. The Balaban J connectivity index is 0.000000503. The number of hydrogen-bond donors (Lipinski definition) is 1. The zero-order chi connectivity index (χ0) is 21.3. The van der Waals surface area contributed by atoms with Gasteiger partial charge in [-0.15, -0.1) is 10.1 Å². The normalized spacial score (nSPS) is 16.8. The lowest BCUT2D eigenvalue weighted by Gasteiger charge is -2.22. The molecule has 0 bridgehead atoms. The van der Waals surface area contributed by atoms with E-state index < -0.39 is 5.09 Å². The van der Waals surface area contributed by atoms with E-state index in [9.17, 15) is 4.79 Å². The molecule has 10 nitrogen and oxygen atoms in total. The molecule has 158 valence electrons. The Labute approximate surface area is 171 Å². The molecule has 0 saturated heterocycles. The average Bonchev–Trinajstić information content (AvgIpc) is 3.35. The number of carbonyl (C=O) groups excluding carboxylic acids is 1. The molecule has 5 rings (SSSR count). The Bertz CT molecular complexity index is 1000. The lowest BCUT2D eigenvalue weighted by molar-refractivity contribution is -0.742. The Morgan fingerprint density at radius 1 is 1.03 bits per heavy atom. The minimum absolute atomic E-state index is 0.0861. The van der Waals surface area contributed by atoms with Gasteiger partial charge >= 0.3 is 0 Å². The van der Waals surface area contributed by atoms with Gasteiger partial charge in [-0.05, 0) is 42.8 Å². The van der Waals surface area contributed by atoms with E-state index in [-0.39, 0.29) is 19.4 Å². The molecule has 3 aliphatic heterocycles. The van der Waals surface area contributed by atoms with Crippen LogP contribution in [-0.4, -0.2) is 48.2 Å². The van der Waals surface area contributed by atoms with E-state index in [1.54, 1.807) is 0 Å². The van der Waals surface area contributed by atoms with Crippen molar-refractivity contribution in [3.05, 3.63) is 56.6 Å². The van der Waals surface area contributed by atoms with Gasteiger partial charge in [-0.1, -0.05) is 6.07 Å². The number of benzene rings is 2. The van der Waals surface area contributed by atoms with E-state index in [2.05, 4.69) is 11.9 Å². The number of fused-ring (bicyclic) bond motifs is 5. The first kappa shape index (κ1) is 19.8. The first-order valence-corrected chi connectivity index (χ1v) is 9.30. The van der Waals surface area contributed by atoms with Crippen molar-refractivity contribution in [2.24, 2.45) is 0 Å². The summed E-state index contributed by atoms with van der Waals surface area (Å²) in [5.41, 5.74) is 3.75. The summed E-state index contributed by atoms with van der Waals surface area (Å²) in [6.45, 7) is 1.98. The molecular formula is C20H20N2O8. The van der Waals surface area contributed by atoms with E-state index in [0.717, 1.165) is 53.4 Å². The summed E-state index contributed by atoms with van der Waals surface area (Å²) < 4.78 is 22.1. The van der Waals surface area contributed by atoms with Gasteiger partial charge in [0.1, 0.15) is 0 Å². The summed E-state index contributed by atoms with van der Waals surface area (Å²) in [5, 5.41) is 13.6. The highest BCUT2D eigenvalue weighted by Gasteiger charge is 2.26. The van der Waals surface area contributed by atoms with Crippen LogP contribution in [0.15, 0.2) is 24.3 Å². The fourth-order valence-corrected chi connectivity index (χ4v) is 3.79. The molecule has 0 aliphatic carbocycles. The first-order valence-electron chi connectivity index (χ1n) is 9.30. The van der Waals surface area contributed by atoms with Crippen LogP contribution in [0.4, 0.5) is 0 Å². The van der Waals surface area contributed by atoms with Crippen LogP contribution in [0.25, 0.3) is 0 Å². The molecule has 10 heteroatoms. The van der Waals surface area contributed by atoms with Gasteiger partial charge in [-0.25, -0.2) is 0 Å². The predicted molar refractivity (Wildman–Crippen MR) is 102 cm³/mol. The number of rotatable bonds is 0. The molecule has 0 unspecified atom stereocenters. The Morgan fingerprint density at radius 3 is 2.47 bits per heavy atom. The maximum absolute atomic E-state index is 13.1. The van der Waals surface area contributed by atoms with Crippen molar-refractivity contribution < 1.29 is 34.0 Å². The van der Waals surface area contributed by atoms with E-state index in [4.69, 9.17) is 34.3 Å². The summed E-state index contributed by atoms with van der Waals surface area (Å²) >= 11 is 0. The van der Waals surface area contributed by atoms with E-state index in [0.29, 0.717) is 17.7 Å². The number of likely N-dealkylation sites (N-methyl/N-ethyl adjacent to an activating group) is 1. The molecule has 0 aromatic heterocycles. The number of Topliss-reactive ketones (excluding diaryl/α,β-unsaturated/α-hetero) is 1. The van der Waals surface area contributed by atoms with Crippen molar-refractivity contribution in [3.8, 4) is 23.0 Å². The van der Waals surface area contributed by atoms with Crippen LogP contribution < -0.4 is 18.9 Å². The average molecular weight is 416 g/mol. The summed E-state index contributed by atoms with van der Waals surface area (Å²) in [6, 6.07) is 7.64. The largest absolute Gasteiger partial charge is 0.454 e. The van der Waals surface area contributed by atoms with Gasteiger partial charge in [0.15, 0.2) is 28.8 Å². The van der Waals surface area contributed by atoms with E-state index in [1.807, 2.05) is 24.3 Å². The lowest BCUT2D eigenvalue weighted by atomic mass is 9.92. The maximum atomic E-state index is 13.1. The maximum Gasteiger partial charge on any atom is 0.291 e. The van der Waals surface area contributed by atoms with Crippen LogP contribution in [0.3, 0.4) is 0 Å². The zero-order valence-corrected chi connectivity index (χ0v) is 16.3. The van der Waals surface area contributed by atoms with Gasteiger partial charge in [0, 0.05) is 30.6 Å². The van der Waals surface area contributed by atoms with Crippen molar-refractivity contribution in [2.75, 3.05) is 27.2 Å². The highest BCUT2D eigenvalue weighted by molar-refractivity contribution is 6.00. The molecule has 2 aromatic carbocycles. The fourth-order valence-electron chi connectivity index (χ4n) is 3.79. The molecule has 3 aliphatic rings. The molecule has 0 fully saturated rings. The van der Waals surface area contributed by atoms with Crippen molar-refractivity contribution >= 4 is 5.78 Å². The molecule has 0 spiro atoms. The smallest absolute Gasteiger partial charge is 0.291 e. The van der Waals surface area contributed by atoms with Crippen molar-refractivity contribution in [1.82, 2.24) is 4.90 Å². The van der Waals surface area contributed by atoms with Gasteiger partial charge in [0.05, 0.1) is 0 Å². The van der Waals surface area contributed by atoms with Gasteiger partial charge in [0.2, 0.25) is 13.6 Å². The standard InChI is InChI=1S/C20H19NO5.HNO3/c1-21-5-4-13-7-18-19(25-10-24-18)8-14(13)16(22)6-12-2-3-17-20(15(12)9-21)26-11-23-17;2-1(3)4/h2-3,7-8H,4-6,9-11H2,1H3;(H,2,3,4). The highest BCUT2D eigenvalue weighted by Crippen LogP contribution is 2.40. The molecule has 0 atom stereocenters. The van der Waals surface area contributed by atoms with E-state index >= 15 is 0 Å². The molecular weight excluding hydrogens is 396 g/mol. The topological polar surface area (TPSA) is 121 Å². The second-order valence-electron chi connectivity index (χ2n) is 7.13. The first-order chi connectivity index (χ1) is 14.4. The highest BCUT2D eigenvalue weighted by atomic mass is 16.9. The number of carbonyl (C=O) groups is 1. The second-order valence-corrected chi connectivity index (χ2v) is 7.13. The van der Waals surface area contributed by atoms with Crippen LogP contribution in [0.2, 0.25) is 0 Å². The van der Waals surface area contributed by atoms with Crippen LogP contribution in [0.1, 0.15) is 27.0 Å². The molecule has 0 saturated carbocycles. The molecule has 0 amide bonds. The van der Waals surface area contributed by atoms with Gasteiger partial charge in [-0.2, -0.15) is 0 Å². The third-order valence-corrected chi connectivity index (χ3v) is 5.18. The summed E-state index contributed by atoms with van der Waals surface area (Å²) in [4.78, 5) is 23.7. The summed E-state index contributed by atoms with van der Waals surface area (Å²) in [5.74, 6) is 2.98. The minimum atomic E-state index is -1.50. The number of ether oxygens (including phenoxy) is 4. The summed E-state index contributed by atoms with van der Waals surface area (Å²) in [7, 11) is 2.08. The van der Waals surface area contributed by atoms with Crippen LogP contribution >= 0.6 is 0 Å². The minimum Gasteiger partial charge on any atom is -0.454 e. The number of nitrogens with zero attached hydrogens (tertiary/aromatic N) is 2. The van der Waals surface area contributed by atoms with Crippen LogP contribution in [0.5, 0.6) is 23.0 Å². The second kappa shape index (κ2) is 8.07. The Morgan fingerprint density at radius 2 is 1.70 bits per heavy atom. The third-order valence-electron chi connectivity index (χ3n) is 5.18. The van der Waals surface area contributed by atoms with E-state index in [1.165, 1.54) is 0 Å². The van der Waals surface area contributed by atoms with Crippen molar-refractivity contribution in [3.63, 3.8) is 0 Å². The van der Waals surface area contributed by atoms with Crippen LogP contribution in [0, 0.1) is 10.1 Å². The molecule has 0 radical (unpaired) electrons. The number of ketones is 1. The van der Waals surface area contributed by atoms with Crippen molar-refractivity contribution in [1.29, 1.82) is 0 Å². The summed E-state index contributed by atoms with van der Waals surface area (Å²) in [6.07, 6.45) is 1.10. The molecule has 3 heterocycles. The molecule has 1 N–H and O–H groups in total. The molecule has 2 aromatic rings. The fraction of sp³-hybridized carbons (Fsp3) is 0.350. The van der Waals surface area contributed by atoms with Gasteiger partial charge in [-0.3, -0.25) is 4.79 Å². The van der Waals surface area contributed by atoms with Gasteiger partial charge in [0.25, 0.3) is 5.09 Å². The quantitative estimate of drug-likeness (QED) is 0.509.